The highest BCUT2D eigenvalue weighted by atomic mass is 19.1. The first kappa shape index (κ1) is 24.3. The van der Waals surface area contributed by atoms with Crippen molar-refractivity contribution >= 4 is 11.8 Å². The SMILES string of the molecule is COc1ccc([C@H](C(=O)NC2CCCC2)N(Cc2ccc(F)cc2)C(=O)c2ccn[nH]2)cc1OC. The summed E-state index contributed by atoms with van der Waals surface area (Å²) >= 11 is 0. The lowest BCUT2D eigenvalue weighted by Crippen LogP contribution is -2.46. The zero-order valence-corrected chi connectivity index (χ0v) is 19.8. The maximum Gasteiger partial charge on any atom is 0.273 e. The fourth-order valence-corrected chi connectivity index (χ4v) is 4.44. The van der Waals surface area contributed by atoms with Crippen LogP contribution in [0.5, 0.6) is 11.5 Å². The normalized spacial score (nSPS) is 14.4. The Morgan fingerprint density at radius 1 is 1.09 bits per heavy atom. The Morgan fingerprint density at radius 3 is 2.43 bits per heavy atom. The fourth-order valence-electron chi connectivity index (χ4n) is 4.44. The second-order valence-corrected chi connectivity index (χ2v) is 8.54. The Hall–Kier alpha value is -3.88. The predicted octanol–water partition coefficient (Wildman–Crippen LogP) is 4.01. The number of H-pyrrole nitrogens is 1. The van der Waals surface area contributed by atoms with Gasteiger partial charge in [0, 0.05) is 18.8 Å². The first-order chi connectivity index (χ1) is 17.0. The van der Waals surface area contributed by atoms with E-state index in [4.69, 9.17) is 9.47 Å². The van der Waals surface area contributed by atoms with Crippen LogP contribution in [0.2, 0.25) is 0 Å². The number of amides is 2. The molecule has 1 aliphatic carbocycles. The number of aromatic nitrogens is 2. The summed E-state index contributed by atoms with van der Waals surface area (Å²) in [5, 5.41) is 9.72. The van der Waals surface area contributed by atoms with Crippen molar-refractivity contribution in [1.29, 1.82) is 0 Å². The zero-order chi connectivity index (χ0) is 24.8. The van der Waals surface area contributed by atoms with Crippen molar-refractivity contribution in [3.63, 3.8) is 0 Å². The molecule has 1 saturated carbocycles. The monoisotopic (exact) mass is 480 g/mol. The smallest absolute Gasteiger partial charge is 0.273 e. The molecule has 3 aromatic rings. The average molecular weight is 481 g/mol. The van der Waals surface area contributed by atoms with Gasteiger partial charge in [-0.25, -0.2) is 4.39 Å². The van der Waals surface area contributed by atoms with E-state index in [0.29, 0.717) is 22.6 Å². The summed E-state index contributed by atoms with van der Waals surface area (Å²) in [4.78, 5) is 28.9. The van der Waals surface area contributed by atoms with E-state index < -0.39 is 11.9 Å². The van der Waals surface area contributed by atoms with E-state index in [1.807, 2.05) is 0 Å². The standard InChI is InChI=1S/C26H29FN4O4/c1-34-22-12-9-18(15-23(22)35-2)24(25(32)29-20-5-3-4-6-20)31(26(33)21-13-14-28-30-21)16-17-7-10-19(27)11-8-17/h7-15,20,24H,3-6,16H2,1-2H3,(H,28,30)(H,29,32)/t24-/m1/s1. The maximum atomic E-state index is 13.8. The second kappa shape index (κ2) is 11.0. The number of hydrogen-bond donors (Lipinski definition) is 2. The van der Waals surface area contributed by atoms with Crippen LogP contribution in [0.3, 0.4) is 0 Å². The number of halogens is 1. The van der Waals surface area contributed by atoms with Crippen LogP contribution >= 0.6 is 0 Å². The summed E-state index contributed by atoms with van der Waals surface area (Å²) in [5.74, 6) is -0.126. The van der Waals surface area contributed by atoms with Crippen LogP contribution in [-0.4, -0.2) is 47.2 Å². The van der Waals surface area contributed by atoms with Gasteiger partial charge in [-0.1, -0.05) is 31.0 Å². The van der Waals surface area contributed by atoms with Crippen molar-refractivity contribution in [2.75, 3.05) is 14.2 Å². The number of rotatable bonds is 9. The van der Waals surface area contributed by atoms with Gasteiger partial charge in [-0.15, -0.1) is 0 Å². The van der Waals surface area contributed by atoms with Gasteiger partial charge in [-0.2, -0.15) is 5.10 Å². The molecule has 1 heterocycles. The average Bonchev–Trinajstić information content (AvgIpc) is 3.59. The quantitative estimate of drug-likeness (QED) is 0.483. The van der Waals surface area contributed by atoms with Crippen LogP contribution in [0.15, 0.2) is 54.7 Å². The molecule has 9 heteroatoms. The van der Waals surface area contributed by atoms with E-state index in [1.165, 1.54) is 37.4 Å². The van der Waals surface area contributed by atoms with E-state index in [9.17, 15) is 14.0 Å². The number of hydrogen-bond acceptors (Lipinski definition) is 5. The molecule has 8 nitrogen and oxygen atoms in total. The lowest BCUT2D eigenvalue weighted by molar-refractivity contribution is -0.126. The summed E-state index contributed by atoms with van der Waals surface area (Å²) in [5.41, 5.74) is 1.48. The summed E-state index contributed by atoms with van der Waals surface area (Å²) in [6, 6.07) is 11.7. The molecule has 2 amide bonds. The highest BCUT2D eigenvalue weighted by Gasteiger charge is 2.35. The van der Waals surface area contributed by atoms with E-state index in [-0.39, 0.29) is 30.0 Å². The number of nitrogens with one attached hydrogen (secondary N) is 2. The molecule has 184 valence electrons. The van der Waals surface area contributed by atoms with Crippen LogP contribution in [0, 0.1) is 5.82 Å². The van der Waals surface area contributed by atoms with Crippen molar-refractivity contribution < 1.29 is 23.5 Å². The lowest BCUT2D eigenvalue weighted by Gasteiger charge is -2.32. The van der Waals surface area contributed by atoms with Crippen LogP contribution in [0.1, 0.15) is 53.3 Å². The molecular formula is C26H29FN4O4. The molecule has 1 atom stereocenters. The summed E-state index contributed by atoms with van der Waals surface area (Å²) in [7, 11) is 3.05. The zero-order valence-electron chi connectivity index (χ0n) is 19.8. The van der Waals surface area contributed by atoms with Gasteiger partial charge in [0.15, 0.2) is 11.5 Å². The number of aromatic amines is 1. The third kappa shape index (κ3) is 5.62. The predicted molar refractivity (Wildman–Crippen MR) is 128 cm³/mol. The molecule has 0 unspecified atom stereocenters. The van der Waals surface area contributed by atoms with Gasteiger partial charge >= 0.3 is 0 Å². The van der Waals surface area contributed by atoms with Crippen molar-refractivity contribution in [3.05, 3.63) is 77.4 Å². The number of ether oxygens (including phenoxy) is 2. The number of carbonyl (C=O) groups excluding carboxylic acids is 2. The Kier molecular flexibility index (Phi) is 7.64. The van der Waals surface area contributed by atoms with Gasteiger partial charge in [-0.05, 0) is 54.3 Å². The van der Waals surface area contributed by atoms with Gasteiger partial charge < -0.3 is 19.7 Å². The molecule has 0 saturated heterocycles. The fraction of sp³-hybridized carbons (Fsp3) is 0.346. The van der Waals surface area contributed by atoms with E-state index >= 15 is 0 Å². The molecule has 0 aliphatic heterocycles. The minimum absolute atomic E-state index is 0.0556. The Bertz CT molecular complexity index is 1140. The van der Waals surface area contributed by atoms with Gasteiger partial charge in [0.05, 0.1) is 14.2 Å². The number of carbonyl (C=O) groups is 2. The highest BCUT2D eigenvalue weighted by molar-refractivity contribution is 5.96. The third-order valence-corrected chi connectivity index (χ3v) is 6.24. The van der Waals surface area contributed by atoms with Crippen LogP contribution in [-0.2, 0) is 11.3 Å². The highest BCUT2D eigenvalue weighted by Crippen LogP contribution is 2.34. The molecule has 1 aromatic heterocycles. The van der Waals surface area contributed by atoms with Crippen molar-refractivity contribution in [2.24, 2.45) is 0 Å². The van der Waals surface area contributed by atoms with Gasteiger partial charge in [0.25, 0.3) is 5.91 Å². The van der Waals surface area contributed by atoms with Crippen molar-refractivity contribution in [2.45, 2.75) is 44.3 Å². The molecule has 2 N–H and O–H groups in total. The number of methoxy groups -OCH3 is 2. The third-order valence-electron chi connectivity index (χ3n) is 6.24. The number of benzene rings is 2. The molecule has 2 aromatic carbocycles. The summed E-state index contributed by atoms with van der Waals surface area (Å²) < 4.78 is 24.4. The first-order valence-electron chi connectivity index (χ1n) is 11.6. The Balaban J connectivity index is 1.78. The Labute approximate surface area is 203 Å². The summed E-state index contributed by atoms with van der Waals surface area (Å²) in [6.07, 6.45) is 5.39. The van der Waals surface area contributed by atoms with Crippen LogP contribution < -0.4 is 14.8 Å². The molecule has 0 spiro atoms. The van der Waals surface area contributed by atoms with Crippen molar-refractivity contribution in [3.8, 4) is 11.5 Å². The van der Waals surface area contributed by atoms with Gasteiger partial charge in [-0.3, -0.25) is 14.7 Å². The topological polar surface area (TPSA) is 96.5 Å². The lowest BCUT2D eigenvalue weighted by atomic mass is 10.0. The molecule has 35 heavy (non-hydrogen) atoms. The van der Waals surface area contributed by atoms with Gasteiger partial charge in [0.1, 0.15) is 17.6 Å². The molecular weight excluding hydrogens is 451 g/mol. The summed E-state index contributed by atoms with van der Waals surface area (Å²) in [6.45, 7) is 0.0786. The molecule has 1 aliphatic rings. The van der Waals surface area contributed by atoms with E-state index in [2.05, 4.69) is 15.5 Å². The molecule has 1 fully saturated rings. The number of nitrogens with zero attached hydrogens (tertiary/aromatic N) is 2. The van der Waals surface area contributed by atoms with E-state index in [0.717, 1.165) is 25.7 Å². The minimum atomic E-state index is -0.976. The second-order valence-electron chi connectivity index (χ2n) is 8.54. The molecule has 0 radical (unpaired) electrons. The van der Waals surface area contributed by atoms with Crippen molar-refractivity contribution in [1.82, 2.24) is 20.4 Å². The first-order valence-corrected chi connectivity index (χ1v) is 11.6. The Morgan fingerprint density at radius 2 is 1.80 bits per heavy atom. The van der Waals surface area contributed by atoms with Gasteiger partial charge in [0.2, 0.25) is 5.91 Å². The largest absolute Gasteiger partial charge is 0.493 e. The van der Waals surface area contributed by atoms with E-state index in [1.54, 1.807) is 36.4 Å². The minimum Gasteiger partial charge on any atom is -0.493 e. The van der Waals surface area contributed by atoms with Crippen LogP contribution in [0.4, 0.5) is 4.39 Å². The molecule has 0 bridgehead atoms. The maximum absolute atomic E-state index is 13.8. The molecule has 4 rings (SSSR count). The van der Waals surface area contributed by atoms with Crippen LogP contribution in [0.25, 0.3) is 0 Å².